The van der Waals surface area contributed by atoms with Crippen LogP contribution in [0.5, 0.6) is 0 Å². The number of rotatable bonds is 2. The fourth-order valence-electron chi connectivity index (χ4n) is 6.37. The molecule has 144 valence electrons. The van der Waals surface area contributed by atoms with Gasteiger partial charge in [-0.15, -0.1) is 0 Å². The first kappa shape index (κ1) is 16.6. The summed E-state index contributed by atoms with van der Waals surface area (Å²) in [7, 11) is 0. The summed E-state index contributed by atoms with van der Waals surface area (Å²) in [6.07, 6.45) is 0. The maximum absolute atomic E-state index is 13.0. The number of amides is 4. The summed E-state index contributed by atoms with van der Waals surface area (Å²) in [4.78, 5) is 52.0. The Morgan fingerprint density at radius 1 is 0.517 bits per heavy atom. The number of imide groups is 2. The lowest BCUT2D eigenvalue weighted by Gasteiger charge is -2.40. The fourth-order valence-corrected chi connectivity index (χ4v) is 6.37. The Kier molecular flexibility index (Phi) is 2.97. The topological polar surface area (TPSA) is 104 Å². The Balaban J connectivity index is 1.72. The van der Waals surface area contributed by atoms with E-state index in [1.165, 1.54) is 0 Å². The van der Waals surface area contributed by atoms with Crippen molar-refractivity contribution in [2.24, 2.45) is 23.7 Å². The Morgan fingerprint density at radius 3 is 1.14 bits per heavy atom. The van der Waals surface area contributed by atoms with Crippen molar-refractivity contribution in [1.82, 2.24) is 16.0 Å². The predicted octanol–water partition coefficient (Wildman–Crippen LogP) is 0.172. The van der Waals surface area contributed by atoms with Crippen molar-refractivity contribution in [3.8, 4) is 0 Å². The van der Waals surface area contributed by atoms with E-state index in [-0.39, 0.29) is 0 Å². The van der Waals surface area contributed by atoms with Crippen molar-refractivity contribution < 1.29 is 19.2 Å². The second kappa shape index (κ2) is 5.18. The summed E-state index contributed by atoms with van der Waals surface area (Å²) in [5, 5.41) is 8.48. The van der Waals surface area contributed by atoms with Gasteiger partial charge < -0.3 is 0 Å². The van der Waals surface area contributed by atoms with Crippen LogP contribution in [-0.4, -0.2) is 23.6 Å². The molecule has 0 saturated carbocycles. The molecule has 29 heavy (non-hydrogen) atoms. The van der Waals surface area contributed by atoms with Gasteiger partial charge in [-0.25, -0.2) is 0 Å². The molecule has 2 aromatic carbocycles. The molecule has 4 saturated heterocycles. The molecule has 6 rings (SSSR count). The van der Waals surface area contributed by atoms with Gasteiger partial charge in [0, 0.05) is 0 Å². The second-order valence-corrected chi connectivity index (χ2v) is 8.21. The fraction of sp³-hybridized carbons (Fsp3) is 0.273. The van der Waals surface area contributed by atoms with E-state index < -0.39 is 58.4 Å². The van der Waals surface area contributed by atoms with E-state index in [9.17, 15) is 19.2 Å². The SMILES string of the molecule is O=C1NC(=O)[C@H]2[C@@H]1C1(c3ccccc3)NC2(c2ccccc2)[C@H]2C(=O)NC(=O)[C@@H]21. The first-order valence-corrected chi connectivity index (χ1v) is 9.61. The van der Waals surface area contributed by atoms with Gasteiger partial charge in [-0.3, -0.25) is 35.1 Å². The van der Waals surface area contributed by atoms with Crippen LogP contribution in [0.1, 0.15) is 11.1 Å². The van der Waals surface area contributed by atoms with E-state index >= 15 is 0 Å². The highest BCUT2D eigenvalue weighted by Crippen LogP contribution is 2.68. The van der Waals surface area contributed by atoms with Gasteiger partial charge in [0.25, 0.3) is 0 Å². The molecule has 3 N–H and O–H groups in total. The molecule has 0 spiro atoms. The van der Waals surface area contributed by atoms with Gasteiger partial charge in [-0.2, -0.15) is 0 Å². The molecular weight excluding hydrogens is 370 g/mol. The van der Waals surface area contributed by atoms with Crippen LogP contribution in [0.2, 0.25) is 0 Å². The zero-order valence-electron chi connectivity index (χ0n) is 15.2. The van der Waals surface area contributed by atoms with E-state index in [1.807, 2.05) is 60.7 Å². The molecule has 2 aromatic rings. The minimum atomic E-state index is -1.14. The van der Waals surface area contributed by atoms with E-state index in [0.717, 1.165) is 11.1 Å². The summed E-state index contributed by atoms with van der Waals surface area (Å²) in [5.41, 5.74) is -0.817. The average molecular weight is 387 g/mol. The molecule has 4 heterocycles. The maximum atomic E-state index is 13.0. The molecule has 7 heteroatoms. The number of carbonyl (C=O) groups is 4. The number of hydrogen-bond acceptors (Lipinski definition) is 5. The third-order valence-corrected chi connectivity index (χ3v) is 7.17. The molecule has 4 fully saturated rings. The highest BCUT2D eigenvalue weighted by Gasteiger charge is 2.84. The van der Waals surface area contributed by atoms with Gasteiger partial charge in [0.2, 0.25) is 23.6 Å². The van der Waals surface area contributed by atoms with E-state index in [0.29, 0.717) is 0 Å². The smallest absolute Gasteiger partial charge is 0.232 e. The monoisotopic (exact) mass is 387 g/mol. The Labute approximate surface area is 165 Å². The molecule has 0 aromatic heterocycles. The molecule has 4 amide bonds. The van der Waals surface area contributed by atoms with Crippen molar-refractivity contribution in [1.29, 1.82) is 0 Å². The van der Waals surface area contributed by atoms with E-state index in [2.05, 4.69) is 16.0 Å². The van der Waals surface area contributed by atoms with E-state index in [1.54, 1.807) is 0 Å². The van der Waals surface area contributed by atoms with Gasteiger partial charge >= 0.3 is 0 Å². The van der Waals surface area contributed by atoms with Gasteiger partial charge in [0.15, 0.2) is 0 Å². The summed E-state index contributed by atoms with van der Waals surface area (Å²) in [6, 6.07) is 18.4. The molecule has 0 aliphatic carbocycles. The quantitative estimate of drug-likeness (QED) is 0.638. The highest BCUT2D eigenvalue weighted by atomic mass is 16.2. The zero-order valence-corrected chi connectivity index (χ0v) is 15.2. The van der Waals surface area contributed by atoms with Crippen LogP contribution in [0.25, 0.3) is 0 Å². The third-order valence-electron chi connectivity index (χ3n) is 7.17. The first-order valence-electron chi connectivity index (χ1n) is 9.61. The zero-order chi connectivity index (χ0) is 20.0. The number of benzene rings is 2. The molecule has 4 aliphatic rings. The Morgan fingerprint density at radius 2 is 0.828 bits per heavy atom. The molecule has 6 atom stereocenters. The lowest BCUT2D eigenvalue weighted by molar-refractivity contribution is -0.133. The molecule has 0 radical (unpaired) electrons. The molecular formula is C22H17N3O4. The predicted molar refractivity (Wildman–Crippen MR) is 99.6 cm³/mol. The lowest BCUT2D eigenvalue weighted by atomic mass is 9.55. The molecule has 4 aliphatic heterocycles. The molecule has 7 nitrogen and oxygen atoms in total. The van der Waals surface area contributed by atoms with Crippen LogP contribution < -0.4 is 16.0 Å². The summed E-state index contributed by atoms with van der Waals surface area (Å²) < 4.78 is 0. The normalized spacial score (nSPS) is 39.3. The second-order valence-electron chi connectivity index (χ2n) is 8.21. The van der Waals surface area contributed by atoms with Crippen LogP contribution in [0.3, 0.4) is 0 Å². The Hall–Kier alpha value is -3.32. The highest BCUT2D eigenvalue weighted by molar-refractivity contribution is 6.13. The van der Waals surface area contributed by atoms with Gasteiger partial charge in [0.1, 0.15) is 0 Å². The van der Waals surface area contributed by atoms with Crippen molar-refractivity contribution in [2.75, 3.05) is 0 Å². The standard InChI is InChI=1S/C22H17N3O4/c26-17-13-15(19(28)23-17)22(12-9-5-2-6-10-12)16-14(18(27)24-20(16)29)21(13,25-22)11-7-3-1-4-8-11/h1-10,13-16,25H,(H,23,26,28)(H,24,27,29)/t13-,14-,15-,16+,21?,22?/m1/s1. The maximum Gasteiger partial charge on any atom is 0.232 e. The molecule has 2 bridgehead atoms. The van der Waals surface area contributed by atoms with E-state index in [4.69, 9.17) is 0 Å². The van der Waals surface area contributed by atoms with Crippen LogP contribution >= 0.6 is 0 Å². The number of carbonyl (C=O) groups excluding carboxylic acids is 4. The van der Waals surface area contributed by atoms with Gasteiger partial charge in [0.05, 0.1) is 34.7 Å². The van der Waals surface area contributed by atoms with Gasteiger partial charge in [-0.05, 0) is 11.1 Å². The minimum Gasteiger partial charge on any atom is -0.296 e. The third kappa shape index (κ3) is 1.69. The first-order chi connectivity index (χ1) is 14.0. The van der Waals surface area contributed by atoms with Crippen molar-refractivity contribution in [2.45, 2.75) is 11.1 Å². The average Bonchev–Trinajstić information content (AvgIpc) is 3.42. The van der Waals surface area contributed by atoms with Crippen molar-refractivity contribution in [3.63, 3.8) is 0 Å². The van der Waals surface area contributed by atoms with Crippen LogP contribution in [-0.2, 0) is 30.3 Å². The Bertz CT molecular complexity index is 970. The summed E-state index contributed by atoms with van der Waals surface area (Å²) in [5.74, 6) is -4.74. The van der Waals surface area contributed by atoms with Crippen LogP contribution in [0.15, 0.2) is 60.7 Å². The number of hydrogen-bond donors (Lipinski definition) is 3. The largest absolute Gasteiger partial charge is 0.296 e. The van der Waals surface area contributed by atoms with Crippen LogP contribution in [0, 0.1) is 23.7 Å². The van der Waals surface area contributed by atoms with Crippen molar-refractivity contribution in [3.05, 3.63) is 71.8 Å². The van der Waals surface area contributed by atoms with Crippen molar-refractivity contribution >= 4 is 23.6 Å². The summed E-state index contributed by atoms with van der Waals surface area (Å²) >= 11 is 0. The van der Waals surface area contributed by atoms with Crippen LogP contribution in [0.4, 0.5) is 0 Å². The molecule has 2 unspecified atom stereocenters. The lowest BCUT2D eigenvalue weighted by Crippen LogP contribution is -2.52. The minimum absolute atomic E-state index is 0.403. The number of nitrogens with one attached hydrogen (secondary N) is 3. The number of fused-ring (bicyclic) bond motifs is 8. The van der Waals surface area contributed by atoms with Gasteiger partial charge in [-0.1, -0.05) is 60.7 Å². The summed E-state index contributed by atoms with van der Waals surface area (Å²) in [6.45, 7) is 0.